The molecule has 0 spiro atoms. The molecule has 0 fully saturated rings. The van der Waals surface area contributed by atoms with E-state index in [1.165, 1.54) is 38.4 Å². The minimum atomic E-state index is -0.718. The van der Waals surface area contributed by atoms with E-state index in [0.29, 0.717) is 0 Å². The van der Waals surface area contributed by atoms with Gasteiger partial charge in [-0.1, -0.05) is 12.1 Å². The van der Waals surface area contributed by atoms with Crippen molar-refractivity contribution in [1.29, 1.82) is 0 Å². The normalized spacial score (nSPS) is 10.3. The van der Waals surface area contributed by atoms with Crippen molar-refractivity contribution >= 4 is 11.7 Å². The van der Waals surface area contributed by atoms with Gasteiger partial charge in [-0.3, -0.25) is 24.7 Å². The average Bonchev–Trinajstić information content (AvgIpc) is 2.74. The first-order valence-electron chi connectivity index (χ1n) is 5.58. The number of carbonyl (C=O) groups excluding carboxylic acids is 1. The fourth-order valence-electron chi connectivity index (χ4n) is 1.84. The van der Waals surface area contributed by atoms with Gasteiger partial charge in [0.1, 0.15) is 0 Å². The number of nitrogens with zero attached hydrogens (tertiary/aromatic N) is 2. The van der Waals surface area contributed by atoms with Crippen LogP contribution in [0.3, 0.4) is 0 Å². The summed E-state index contributed by atoms with van der Waals surface area (Å²) in [5.74, 6) is -0.718. The largest absolute Gasteiger partial charge is 0.464 e. The lowest BCUT2D eigenvalue weighted by molar-refractivity contribution is -0.384. The number of nitro benzene ring substituents is 1. The standard InChI is InChI=1S/C12H11N3O5/c1-14-11(16)9(10(13-14)12(17)20-2)7-4-3-5-8(6-7)15(18)19/h3-6,13H,1-2H3. The number of benzene rings is 1. The van der Waals surface area contributed by atoms with Gasteiger partial charge in [-0.2, -0.15) is 0 Å². The third-order valence-corrected chi connectivity index (χ3v) is 2.78. The van der Waals surface area contributed by atoms with Crippen molar-refractivity contribution in [3.05, 3.63) is 50.4 Å². The van der Waals surface area contributed by atoms with Crippen LogP contribution in [0, 0.1) is 10.1 Å². The van der Waals surface area contributed by atoms with Crippen LogP contribution in [0.1, 0.15) is 10.5 Å². The second-order valence-corrected chi connectivity index (χ2v) is 4.02. The molecule has 1 aromatic heterocycles. The Morgan fingerprint density at radius 3 is 2.75 bits per heavy atom. The number of aromatic amines is 1. The maximum Gasteiger partial charge on any atom is 0.356 e. The first-order chi connectivity index (χ1) is 9.45. The number of aryl methyl sites for hydroxylation is 1. The van der Waals surface area contributed by atoms with Crippen molar-refractivity contribution < 1.29 is 14.5 Å². The lowest BCUT2D eigenvalue weighted by atomic mass is 10.1. The zero-order valence-electron chi connectivity index (χ0n) is 10.7. The summed E-state index contributed by atoms with van der Waals surface area (Å²) < 4.78 is 5.70. The minimum Gasteiger partial charge on any atom is -0.464 e. The van der Waals surface area contributed by atoms with Crippen LogP contribution in [-0.4, -0.2) is 27.8 Å². The molecule has 0 saturated heterocycles. The number of non-ortho nitro benzene ring substituents is 1. The Balaban J connectivity index is 2.69. The van der Waals surface area contributed by atoms with Crippen LogP contribution in [-0.2, 0) is 11.8 Å². The minimum absolute atomic E-state index is 0.0412. The molecular weight excluding hydrogens is 266 g/mol. The third-order valence-electron chi connectivity index (χ3n) is 2.78. The monoisotopic (exact) mass is 277 g/mol. The summed E-state index contributed by atoms with van der Waals surface area (Å²) in [7, 11) is 2.63. The number of rotatable bonds is 3. The number of aromatic nitrogens is 2. The summed E-state index contributed by atoms with van der Waals surface area (Å²) in [5.41, 5.74) is -0.350. The Hall–Kier alpha value is -2.90. The van der Waals surface area contributed by atoms with E-state index in [1.807, 2.05) is 0 Å². The summed E-state index contributed by atoms with van der Waals surface area (Å²) in [4.78, 5) is 33.9. The highest BCUT2D eigenvalue weighted by atomic mass is 16.6. The molecule has 2 rings (SSSR count). The number of nitro groups is 1. The van der Waals surface area contributed by atoms with Gasteiger partial charge in [-0.15, -0.1) is 0 Å². The third kappa shape index (κ3) is 2.18. The molecular formula is C12H11N3O5. The van der Waals surface area contributed by atoms with Crippen molar-refractivity contribution in [2.45, 2.75) is 0 Å². The Kier molecular flexibility index (Phi) is 3.38. The van der Waals surface area contributed by atoms with Gasteiger partial charge in [0, 0.05) is 19.2 Å². The number of carbonyl (C=O) groups is 1. The van der Waals surface area contributed by atoms with Crippen molar-refractivity contribution in [2.75, 3.05) is 7.11 Å². The van der Waals surface area contributed by atoms with Crippen LogP contribution in [0.25, 0.3) is 11.1 Å². The molecule has 20 heavy (non-hydrogen) atoms. The van der Waals surface area contributed by atoms with E-state index in [-0.39, 0.29) is 22.5 Å². The van der Waals surface area contributed by atoms with E-state index in [9.17, 15) is 19.7 Å². The van der Waals surface area contributed by atoms with Crippen molar-refractivity contribution in [1.82, 2.24) is 9.78 Å². The molecule has 0 bridgehead atoms. The van der Waals surface area contributed by atoms with E-state index in [1.54, 1.807) is 0 Å². The van der Waals surface area contributed by atoms with Gasteiger partial charge in [0.2, 0.25) is 0 Å². The molecule has 0 aliphatic carbocycles. The number of methoxy groups -OCH3 is 1. The summed E-state index contributed by atoms with van der Waals surface area (Å²) >= 11 is 0. The molecule has 0 atom stereocenters. The van der Waals surface area contributed by atoms with Gasteiger partial charge in [-0.05, 0) is 5.56 Å². The maximum absolute atomic E-state index is 12.0. The molecule has 0 aliphatic heterocycles. The van der Waals surface area contributed by atoms with Crippen LogP contribution in [0.15, 0.2) is 29.1 Å². The number of H-pyrrole nitrogens is 1. The molecule has 0 unspecified atom stereocenters. The predicted octanol–water partition coefficient (Wildman–Crippen LogP) is 1.08. The Morgan fingerprint density at radius 1 is 1.45 bits per heavy atom. The van der Waals surface area contributed by atoms with Crippen molar-refractivity contribution in [3.8, 4) is 11.1 Å². The van der Waals surface area contributed by atoms with Gasteiger partial charge in [0.05, 0.1) is 17.6 Å². The summed E-state index contributed by atoms with van der Waals surface area (Å²) in [6, 6.07) is 5.50. The van der Waals surface area contributed by atoms with Crippen molar-refractivity contribution in [2.24, 2.45) is 7.05 Å². The fraction of sp³-hybridized carbons (Fsp3) is 0.167. The molecule has 104 valence electrons. The van der Waals surface area contributed by atoms with Gasteiger partial charge in [0.25, 0.3) is 11.2 Å². The van der Waals surface area contributed by atoms with Gasteiger partial charge < -0.3 is 4.74 Å². The molecule has 0 radical (unpaired) electrons. The average molecular weight is 277 g/mol. The van der Waals surface area contributed by atoms with Crippen LogP contribution < -0.4 is 5.56 Å². The lowest BCUT2D eigenvalue weighted by Gasteiger charge is -2.00. The number of hydrogen-bond donors (Lipinski definition) is 1. The smallest absolute Gasteiger partial charge is 0.356 e. The van der Waals surface area contributed by atoms with E-state index in [0.717, 1.165) is 4.68 Å². The topological polar surface area (TPSA) is 107 Å². The second-order valence-electron chi connectivity index (χ2n) is 4.02. The molecule has 0 saturated carbocycles. The second kappa shape index (κ2) is 5.00. The molecule has 0 aliphatic rings. The first kappa shape index (κ1) is 13.5. The predicted molar refractivity (Wildman–Crippen MR) is 69.5 cm³/mol. The molecule has 1 aromatic carbocycles. The van der Waals surface area contributed by atoms with Crippen LogP contribution in [0.5, 0.6) is 0 Å². The van der Waals surface area contributed by atoms with E-state index in [2.05, 4.69) is 9.84 Å². The molecule has 1 heterocycles. The fourth-order valence-corrected chi connectivity index (χ4v) is 1.84. The van der Waals surface area contributed by atoms with Crippen LogP contribution in [0.2, 0.25) is 0 Å². The van der Waals surface area contributed by atoms with E-state index in [4.69, 9.17) is 0 Å². The Labute approximate surface area is 112 Å². The number of ether oxygens (including phenoxy) is 1. The van der Waals surface area contributed by atoms with Crippen LogP contribution >= 0.6 is 0 Å². The van der Waals surface area contributed by atoms with Crippen LogP contribution in [0.4, 0.5) is 5.69 Å². The summed E-state index contributed by atoms with van der Waals surface area (Å²) in [6.07, 6.45) is 0. The van der Waals surface area contributed by atoms with Gasteiger partial charge in [0.15, 0.2) is 5.69 Å². The zero-order chi connectivity index (χ0) is 14.9. The SMILES string of the molecule is COC(=O)c1[nH]n(C)c(=O)c1-c1cccc([N+](=O)[O-])c1. The molecule has 0 amide bonds. The first-order valence-corrected chi connectivity index (χ1v) is 5.58. The molecule has 1 N–H and O–H groups in total. The van der Waals surface area contributed by atoms with E-state index < -0.39 is 16.5 Å². The maximum atomic E-state index is 12.0. The van der Waals surface area contributed by atoms with Gasteiger partial charge >= 0.3 is 5.97 Å². The van der Waals surface area contributed by atoms with Crippen molar-refractivity contribution in [3.63, 3.8) is 0 Å². The highest BCUT2D eigenvalue weighted by Crippen LogP contribution is 2.24. The number of nitrogens with one attached hydrogen (secondary N) is 1. The molecule has 8 nitrogen and oxygen atoms in total. The molecule has 2 aromatic rings. The molecule has 8 heteroatoms. The summed E-state index contributed by atoms with van der Waals surface area (Å²) in [6.45, 7) is 0. The Morgan fingerprint density at radius 2 is 2.15 bits per heavy atom. The highest BCUT2D eigenvalue weighted by molar-refractivity contribution is 5.95. The van der Waals surface area contributed by atoms with Gasteiger partial charge in [-0.25, -0.2) is 4.79 Å². The summed E-state index contributed by atoms with van der Waals surface area (Å²) in [5, 5.41) is 13.3. The lowest BCUT2D eigenvalue weighted by Crippen LogP contribution is -2.13. The highest BCUT2D eigenvalue weighted by Gasteiger charge is 2.22. The Bertz CT molecular complexity index is 744. The number of esters is 1. The van der Waals surface area contributed by atoms with E-state index >= 15 is 0 Å². The zero-order valence-corrected chi connectivity index (χ0v) is 10.7. The quantitative estimate of drug-likeness (QED) is 0.513. The number of hydrogen-bond acceptors (Lipinski definition) is 5.